The van der Waals surface area contributed by atoms with Crippen LogP contribution in [0.2, 0.25) is 0 Å². The molecule has 3 aromatic rings. The summed E-state index contributed by atoms with van der Waals surface area (Å²) in [7, 11) is 0. The molecule has 25 heavy (non-hydrogen) atoms. The second-order valence-corrected chi connectivity index (χ2v) is 6.00. The number of ether oxygens (including phenoxy) is 1. The van der Waals surface area contributed by atoms with Crippen molar-refractivity contribution in [3.63, 3.8) is 0 Å². The van der Waals surface area contributed by atoms with Gasteiger partial charge in [-0.3, -0.25) is 4.79 Å². The van der Waals surface area contributed by atoms with Gasteiger partial charge in [0.25, 0.3) is 0 Å². The van der Waals surface area contributed by atoms with Crippen molar-refractivity contribution >= 4 is 16.9 Å². The number of nitrogens with one attached hydrogen (secondary N) is 2. The van der Waals surface area contributed by atoms with Crippen LogP contribution in [-0.2, 0) is 11.2 Å². The predicted octanol–water partition coefficient (Wildman–Crippen LogP) is 3.77. The first kappa shape index (κ1) is 17.0. The quantitative estimate of drug-likeness (QED) is 0.689. The Morgan fingerprint density at radius 3 is 2.88 bits per heavy atom. The van der Waals surface area contributed by atoms with E-state index in [0.717, 1.165) is 28.2 Å². The molecule has 1 heterocycles. The predicted molar refractivity (Wildman–Crippen MR) is 98.6 cm³/mol. The van der Waals surface area contributed by atoms with Crippen LogP contribution in [-0.4, -0.2) is 22.5 Å². The zero-order valence-corrected chi connectivity index (χ0v) is 14.6. The maximum atomic E-state index is 12.2. The van der Waals surface area contributed by atoms with Gasteiger partial charge in [-0.2, -0.15) is 0 Å². The van der Waals surface area contributed by atoms with Crippen LogP contribution in [0.4, 0.5) is 0 Å². The van der Waals surface area contributed by atoms with Gasteiger partial charge in [0.2, 0.25) is 5.91 Å². The lowest BCUT2D eigenvalue weighted by Gasteiger charge is -2.15. The maximum Gasteiger partial charge on any atom is 0.220 e. The Balaban J connectivity index is 1.55. The molecule has 0 saturated heterocycles. The van der Waals surface area contributed by atoms with Gasteiger partial charge in [-0.15, -0.1) is 0 Å². The molecule has 1 unspecified atom stereocenters. The van der Waals surface area contributed by atoms with E-state index >= 15 is 0 Å². The van der Waals surface area contributed by atoms with Crippen LogP contribution in [0.5, 0.6) is 5.75 Å². The monoisotopic (exact) mass is 337 g/mol. The van der Waals surface area contributed by atoms with Crippen LogP contribution in [0.3, 0.4) is 0 Å². The molecular weight excluding hydrogens is 314 g/mol. The number of nitrogens with zero attached hydrogens (tertiary/aromatic N) is 1. The number of H-pyrrole nitrogens is 1. The number of benzene rings is 2. The second kappa shape index (κ2) is 7.83. The minimum atomic E-state index is -0.0661. The molecule has 2 N–H and O–H groups in total. The average molecular weight is 337 g/mol. The molecule has 0 aliphatic rings. The van der Waals surface area contributed by atoms with Gasteiger partial charge in [0.1, 0.15) is 11.6 Å². The van der Waals surface area contributed by atoms with E-state index in [9.17, 15) is 4.79 Å². The van der Waals surface area contributed by atoms with Crippen molar-refractivity contribution in [1.29, 1.82) is 0 Å². The highest BCUT2D eigenvalue weighted by Crippen LogP contribution is 2.19. The number of carbonyl (C=O) groups is 1. The smallest absolute Gasteiger partial charge is 0.220 e. The Morgan fingerprint density at radius 2 is 2.08 bits per heavy atom. The third-order valence-corrected chi connectivity index (χ3v) is 4.07. The average Bonchev–Trinajstić information content (AvgIpc) is 3.03. The van der Waals surface area contributed by atoms with E-state index in [1.165, 1.54) is 0 Å². The number of aromatic amines is 1. The number of carbonyl (C=O) groups excluding carboxylic acids is 1. The number of amides is 1. The molecule has 0 spiro atoms. The Kier molecular flexibility index (Phi) is 5.33. The first-order chi connectivity index (χ1) is 12.2. The molecular formula is C20H23N3O2. The number of aromatic nitrogens is 2. The standard InChI is InChI=1S/C20H23N3O2/c1-3-25-16-8-6-7-15(13-16)14(2)21-20(24)12-11-19-22-17-9-4-5-10-18(17)23-19/h4-10,13-14H,3,11-12H2,1-2H3,(H,21,24)(H,22,23). The van der Waals surface area contributed by atoms with Gasteiger partial charge in [0, 0.05) is 12.8 Å². The van der Waals surface area contributed by atoms with Crippen LogP contribution in [0, 0.1) is 0 Å². The van der Waals surface area contributed by atoms with Crippen molar-refractivity contribution in [2.75, 3.05) is 6.61 Å². The highest BCUT2D eigenvalue weighted by molar-refractivity contribution is 5.77. The second-order valence-electron chi connectivity index (χ2n) is 6.00. The summed E-state index contributed by atoms with van der Waals surface area (Å²) in [6.07, 6.45) is 0.988. The zero-order valence-electron chi connectivity index (χ0n) is 14.6. The molecule has 0 fully saturated rings. The van der Waals surface area contributed by atoms with Crippen LogP contribution >= 0.6 is 0 Å². The zero-order chi connectivity index (χ0) is 17.6. The largest absolute Gasteiger partial charge is 0.494 e. The minimum Gasteiger partial charge on any atom is -0.494 e. The third-order valence-electron chi connectivity index (χ3n) is 4.07. The number of rotatable bonds is 7. The Labute approximate surface area is 147 Å². The van der Waals surface area contributed by atoms with Crippen LogP contribution < -0.4 is 10.1 Å². The summed E-state index contributed by atoms with van der Waals surface area (Å²) in [5, 5.41) is 3.03. The summed E-state index contributed by atoms with van der Waals surface area (Å²) in [6, 6.07) is 15.6. The molecule has 1 aromatic heterocycles. The first-order valence-electron chi connectivity index (χ1n) is 8.61. The van der Waals surface area contributed by atoms with Crippen molar-refractivity contribution in [2.24, 2.45) is 0 Å². The van der Waals surface area contributed by atoms with Gasteiger partial charge in [-0.25, -0.2) is 4.98 Å². The fourth-order valence-electron chi connectivity index (χ4n) is 2.79. The van der Waals surface area contributed by atoms with Gasteiger partial charge in [0.15, 0.2) is 0 Å². The lowest BCUT2D eigenvalue weighted by Crippen LogP contribution is -2.26. The molecule has 0 aliphatic carbocycles. The lowest BCUT2D eigenvalue weighted by molar-refractivity contribution is -0.121. The molecule has 0 bridgehead atoms. The van der Waals surface area contributed by atoms with Crippen LogP contribution in [0.25, 0.3) is 11.0 Å². The highest BCUT2D eigenvalue weighted by atomic mass is 16.5. The molecule has 1 amide bonds. The summed E-state index contributed by atoms with van der Waals surface area (Å²) in [4.78, 5) is 20.0. The van der Waals surface area contributed by atoms with Gasteiger partial charge < -0.3 is 15.0 Å². The number of fused-ring (bicyclic) bond motifs is 1. The molecule has 0 aliphatic heterocycles. The fourth-order valence-corrected chi connectivity index (χ4v) is 2.79. The number of hydrogen-bond acceptors (Lipinski definition) is 3. The van der Waals surface area contributed by atoms with Crippen molar-refractivity contribution in [1.82, 2.24) is 15.3 Å². The summed E-state index contributed by atoms with van der Waals surface area (Å²) in [6.45, 7) is 4.56. The normalized spacial score (nSPS) is 12.1. The van der Waals surface area contributed by atoms with Crippen LogP contribution in [0.15, 0.2) is 48.5 Å². The van der Waals surface area contributed by atoms with E-state index < -0.39 is 0 Å². The highest BCUT2D eigenvalue weighted by Gasteiger charge is 2.11. The van der Waals surface area contributed by atoms with E-state index in [0.29, 0.717) is 19.4 Å². The van der Waals surface area contributed by atoms with Gasteiger partial charge in [-0.1, -0.05) is 24.3 Å². The third kappa shape index (κ3) is 4.38. The molecule has 130 valence electrons. The van der Waals surface area contributed by atoms with Crippen molar-refractivity contribution in [2.45, 2.75) is 32.7 Å². The molecule has 1 atom stereocenters. The molecule has 3 rings (SSSR count). The molecule has 0 radical (unpaired) electrons. The Bertz CT molecular complexity index is 824. The van der Waals surface area contributed by atoms with Gasteiger partial charge in [0.05, 0.1) is 23.7 Å². The van der Waals surface area contributed by atoms with E-state index in [1.807, 2.05) is 62.4 Å². The van der Waals surface area contributed by atoms with Crippen molar-refractivity contribution in [3.05, 3.63) is 59.9 Å². The number of aryl methyl sites for hydroxylation is 1. The van der Waals surface area contributed by atoms with Crippen molar-refractivity contribution < 1.29 is 9.53 Å². The van der Waals surface area contributed by atoms with Gasteiger partial charge >= 0.3 is 0 Å². The lowest BCUT2D eigenvalue weighted by atomic mass is 10.1. The van der Waals surface area contributed by atoms with Crippen LogP contribution in [0.1, 0.15) is 37.7 Å². The summed E-state index contributed by atoms with van der Waals surface area (Å²) in [5.74, 6) is 1.67. The maximum absolute atomic E-state index is 12.2. The Hall–Kier alpha value is -2.82. The molecule has 2 aromatic carbocycles. The molecule has 5 heteroatoms. The van der Waals surface area contributed by atoms with Crippen molar-refractivity contribution in [3.8, 4) is 5.75 Å². The summed E-state index contributed by atoms with van der Waals surface area (Å²) in [5.41, 5.74) is 2.96. The minimum absolute atomic E-state index is 0.00905. The topological polar surface area (TPSA) is 67.0 Å². The molecule has 5 nitrogen and oxygen atoms in total. The first-order valence-corrected chi connectivity index (χ1v) is 8.61. The van der Waals surface area contributed by atoms with Gasteiger partial charge in [-0.05, 0) is 43.7 Å². The van der Waals surface area contributed by atoms with E-state index in [4.69, 9.17) is 4.74 Å². The molecule has 0 saturated carbocycles. The van der Waals surface area contributed by atoms with E-state index in [-0.39, 0.29) is 11.9 Å². The number of para-hydroxylation sites is 2. The van der Waals surface area contributed by atoms with E-state index in [1.54, 1.807) is 0 Å². The number of imidazole rings is 1. The number of hydrogen-bond donors (Lipinski definition) is 2. The SMILES string of the molecule is CCOc1cccc(C(C)NC(=O)CCc2nc3ccccc3[nH]2)c1. The van der Waals surface area contributed by atoms with E-state index in [2.05, 4.69) is 15.3 Å². The fraction of sp³-hybridized carbons (Fsp3) is 0.300. The Morgan fingerprint density at radius 1 is 1.24 bits per heavy atom. The summed E-state index contributed by atoms with van der Waals surface area (Å²) >= 11 is 0. The summed E-state index contributed by atoms with van der Waals surface area (Å²) < 4.78 is 5.51.